The third-order valence-electron chi connectivity index (χ3n) is 4.13. The lowest BCUT2D eigenvalue weighted by Gasteiger charge is -2.10. The molecule has 0 radical (unpaired) electrons. The minimum atomic E-state index is 0.102. The summed E-state index contributed by atoms with van der Waals surface area (Å²) in [5.74, 6) is 0.102. The van der Waals surface area contributed by atoms with E-state index in [9.17, 15) is 4.79 Å². The molecule has 0 aliphatic carbocycles. The van der Waals surface area contributed by atoms with Gasteiger partial charge < -0.3 is 0 Å². The fourth-order valence-corrected chi connectivity index (χ4v) is 2.74. The van der Waals surface area contributed by atoms with Gasteiger partial charge in [0, 0.05) is 11.1 Å². The Kier molecular flexibility index (Phi) is 3.34. The summed E-state index contributed by atoms with van der Waals surface area (Å²) in [5.41, 5.74) is 4.99. The second-order valence-corrected chi connectivity index (χ2v) is 5.61. The molecule has 3 aromatic carbocycles. The predicted octanol–water partition coefficient (Wildman–Crippen LogP) is 5.00. The molecule has 0 atom stereocenters. The maximum Gasteiger partial charge on any atom is 0.193 e. The number of aryl methyl sites for hydroxylation is 2. The molecule has 0 aliphatic heterocycles. The number of hydrogen-bond donors (Lipinski definition) is 0. The van der Waals surface area contributed by atoms with Crippen LogP contribution in [0.2, 0.25) is 0 Å². The highest BCUT2D eigenvalue weighted by Gasteiger charge is 2.15. The van der Waals surface area contributed by atoms with Gasteiger partial charge in [-0.1, -0.05) is 60.2 Å². The van der Waals surface area contributed by atoms with Crippen LogP contribution in [0.25, 0.3) is 10.8 Å². The SMILES string of the molecule is Cc1ccc2c(C(=O)c3cccc(C)c3C)cccc2c1. The van der Waals surface area contributed by atoms with Crippen molar-refractivity contribution in [1.29, 1.82) is 0 Å². The van der Waals surface area contributed by atoms with Gasteiger partial charge in [0.25, 0.3) is 0 Å². The van der Waals surface area contributed by atoms with Gasteiger partial charge in [-0.2, -0.15) is 0 Å². The van der Waals surface area contributed by atoms with Gasteiger partial charge in [0.15, 0.2) is 5.78 Å². The van der Waals surface area contributed by atoms with E-state index in [1.54, 1.807) is 0 Å². The standard InChI is InChI=1S/C20H18O/c1-13-10-11-18-16(12-13)7-5-9-19(18)20(21)17-8-4-6-14(2)15(17)3/h4-12H,1-3H3. The summed E-state index contributed by atoms with van der Waals surface area (Å²) in [6.07, 6.45) is 0. The molecule has 0 spiro atoms. The van der Waals surface area contributed by atoms with Crippen LogP contribution in [0.1, 0.15) is 32.6 Å². The van der Waals surface area contributed by atoms with Gasteiger partial charge in [-0.3, -0.25) is 4.79 Å². The molecule has 0 heterocycles. The van der Waals surface area contributed by atoms with Crippen LogP contribution in [0.3, 0.4) is 0 Å². The lowest BCUT2D eigenvalue weighted by Crippen LogP contribution is -2.05. The number of rotatable bonds is 2. The average Bonchev–Trinajstić information content (AvgIpc) is 2.48. The van der Waals surface area contributed by atoms with Gasteiger partial charge >= 0.3 is 0 Å². The van der Waals surface area contributed by atoms with Gasteiger partial charge in [0.05, 0.1) is 0 Å². The normalized spacial score (nSPS) is 10.8. The minimum absolute atomic E-state index is 0.102. The summed E-state index contributed by atoms with van der Waals surface area (Å²) in [5, 5.41) is 2.14. The molecule has 0 bridgehead atoms. The highest BCUT2D eigenvalue weighted by Crippen LogP contribution is 2.24. The Morgan fingerprint density at radius 3 is 2.33 bits per heavy atom. The van der Waals surface area contributed by atoms with Gasteiger partial charge in [-0.25, -0.2) is 0 Å². The van der Waals surface area contributed by atoms with Crippen LogP contribution in [0.4, 0.5) is 0 Å². The zero-order valence-corrected chi connectivity index (χ0v) is 12.6. The first-order valence-electron chi connectivity index (χ1n) is 7.18. The molecule has 3 rings (SSSR count). The van der Waals surface area contributed by atoms with E-state index in [1.807, 2.05) is 50.2 Å². The molecular weight excluding hydrogens is 256 g/mol. The Labute approximate surface area is 125 Å². The summed E-state index contributed by atoms with van der Waals surface area (Å²) in [6, 6.07) is 18.1. The summed E-state index contributed by atoms with van der Waals surface area (Å²) < 4.78 is 0. The van der Waals surface area contributed by atoms with E-state index in [0.29, 0.717) is 0 Å². The average molecular weight is 274 g/mol. The largest absolute Gasteiger partial charge is 0.289 e. The van der Waals surface area contributed by atoms with Crippen molar-refractivity contribution in [1.82, 2.24) is 0 Å². The van der Waals surface area contributed by atoms with Crippen LogP contribution in [0.15, 0.2) is 54.6 Å². The molecule has 0 unspecified atom stereocenters. The molecule has 0 amide bonds. The first-order chi connectivity index (χ1) is 10.1. The van der Waals surface area contributed by atoms with Crippen molar-refractivity contribution >= 4 is 16.6 Å². The predicted molar refractivity (Wildman–Crippen MR) is 88.0 cm³/mol. The number of benzene rings is 3. The molecule has 0 aromatic heterocycles. The van der Waals surface area contributed by atoms with Gasteiger partial charge in [0.1, 0.15) is 0 Å². The quantitative estimate of drug-likeness (QED) is 0.601. The highest BCUT2D eigenvalue weighted by atomic mass is 16.1. The van der Waals surface area contributed by atoms with Crippen LogP contribution in [0.5, 0.6) is 0 Å². The van der Waals surface area contributed by atoms with Crippen molar-refractivity contribution < 1.29 is 4.79 Å². The lowest BCUT2D eigenvalue weighted by molar-refractivity contribution is 0.103. The van der Waals surface area contributed by atoms with E-state index in [2.05, 4.69) is 25.1 Å². The second-order valence-electron chi connectivity index (χ2n) is 5.61. The molecular formula is C20H18O. The number of carbonyl (C=O) groups is 1. The van der Waals surface area contributed by atoms with Crippen molar-refractivity contribution in [2.75, 3.05) is 0 Å². The molecule has 21 heavy (non-hydrogen) atoms. The molecule has 1 nitrogen and oxygen atoms in total. The Bertz CT molecular complexity index is 844. The van der Waals surface area contributed by atoms with E-state index in [-0.39, 0.29) is 5.78 Å². The smallest absolute Gasteiger partial charge is 0.193 e. The van der Waals surface area contributed by atoms with E-state index < -0.39 is 0 Å². The third kappa shape index (κ3) is 2.36. The third-order valence-corrected chi connectivity index (χ3v) is 4.13. The molecule has 0 saturated carbocycles. The Morgan fingerprint density at radius 1 is 0.810 bits per heavy atom. The maximum absolute atomic E-state index is 12.9. The highest BCUT2D eigenvalue weighted by molar-refractivity contribution is 6.17. The topological polar surface area (TPSA) is 17.1 Å². The molecule has 0 saturated heterocycles. The Balaban J connectivity index is 2.20. The van der Waals surface area contributed by atoms with E-state index >= 15 is 0 Å². The molecule has 1 heteroatoms. The fourth-order valence-electron chi connectivity index (χ4n) is 2.74. The Hall–Kier alpha value is -2.41. The van der Waals surface area contributed by atoms with E-state index in [4.69, 9.17) is 0 Å². The van der Waals surface area contributed by atoms with E-state index in [0.717, 1.165) is 33.0 Å². The minimum Gasteiger partial charge on any atom is -0.289 e. The first kappa shape index (κ1) is 13.6. The molecule has 0 fully saturated rings. The monoisotopic (exact) mass is 274 g/mol. The maximum atomic E-state index is 12.9. The summed E-state index contributed by atoms with van der Waals surface area (Å²) in [4.78, 5) is 12.9. The summed E-state index contributed by atoms with van der Waals surface area (Å²) in [6.45, 7) is 6.12. The number of fused-ring (bicyclic) bond motifs is 1. The van der Waals surface area contributed by atoms with Crippen LogP contribution < -0.4 is 0 Å². The van der Waals surface area contributed by atoms with Crippen molar-refractivity contribution in [2.24, 2.45) is 0 Å². The second kappa shape index (κ2) is 5.17. The number of hydrogen-bond acceptors (Lipinski definition) is 1. The zero-order valence-electron chi connectivity index (χ0n) is 12.6. The first-order valence-corrected chi connectivity index (χ1v) is 7.18. The number of carbonyl (C=O) groups excluding carboxylic acids is 1. The summed E-state index contributed by atoms with van der Waals surface area (Å²) >= 11 is 0. The molecule has 3 aromatic rings. The van der Waals surface area contributed by atoms with Crippen molar-refractivity contribution in [3.8, 4) is 0 Å². The van der Waals surface area contributed by atoms with E-state index in [1.165, 1.54) is 5.56 Å². The number of ketones is 1. The summed E-state index contributed by atoms with van der Waals surface area (Å²) in [7, 11) is 0. The zero-order chi connectivity index (χ0) is 15.0. The van der Waals surface area contributed by atoms with Crippen LogP contribution in [-0.2, 0) is 0 Å². The van der Waals surface area contributed by atoms with Crippen molar-refractivity contribution in [2.45, 2.75) is 20.8 Å². The molecule has 0 aliphatic rings. The van der Waals surface area contributed by atoms with Crippen molar-refractivity contribution in [3.05, 3.63) is 82.4 Å². The molecule has 104 valence electrons. The van der Waals surface area contributed by atoms with Crippen LogP contribution >= 0.6 is 0 Å². The van der Waals surface area contributed by atoms with Crippen molar-refractivity contribution in [3.63, 3.8) is 0 Å². The lowest BCUT2D eigenvalue weighted by atomic mass is 9.93. The Morgan fingerprint density at radius 2 is 1.52 bits per heavy atom. The molecule has 0 N–H and O–H groups in total. The van der Waals surface area contributed by atoms with Gasteiger partial charge in [-0.15, -0.1) is 0 Å². The fraction of sp³-hybridized carbons (Fsp3) is 0.150. The van der Waals surface area contributed by atoms with Crippen LogP contribution in [-0.4, -0.2) is 5.78 Å². The van der Waals surface area contributed by atoms with Gasteiger partial charge in [-0.05, 0) is 42.7 Å². The van der Waals surface area contributed by atoms with Crippen LogP contribution in [0, 0.1) is 20.8 Å². The van der Waals surface area contributed by atoms with Gasteiger partial charge in [0.2, 0.25) is 0 Å².